The van der Waals surface area contributed by atoms with Crippen molar-refractivity contribution >= 4 is 28.6 Å². The summed E-state index contributed by atoms with van der Waals surface area (Å²) >= 11 is 0. The summed E-state index contributed by atoms with van der Waals surface area (Å²) in [4.78, 5) is 50.0. The highest BCUT2D eigenvalue weighted by molar-refractivity contribution is 6.03. The Labute approximate surface area is 259 Å². The third-order valence-corrected chi connectivity index (χ3v) is 7.69. The maximum Gasteiger partial charge on any atom is 0.273 e. The van der Waals surface area contributed by atoms with Gasteiger partial charge in [-0.1, -0.05) is 57.7 Å². The molecule has 3 heterocycles. The highest BCUT2D eigenvalue weighted by atomic mass is 16.4. The van der Waals surface area contributed by atoms with Crippen LogP contribution in [0, 0.1) is 29.1 Å². The number of likely N-dealkylation sites (tertiary alicyclic amines) is 1. The number of hydrogen-bond acceptors (Lipinski definition) is 6. The van der Waals surface area contributed by atoms with E-state index < -0.39 is 29.4 Å². The number of hydrogen-bond donors (Lipinski definition) is 4. The quantitative estimate of drug-likeness (QED) is 0.216. The molecule has 0 radical (unpaired) electrons. The van der Waals surface area contributed by atoms with E-state index in [1.54, 1.807) is 25.1 Å². The Morgan fingerprint density at radius 2 is 1.93 bits per heavy atom. The normalized spacial score (nSPS) is 16.0. The second-order valence-corrected chi connectivity index (χ2v) is 11.9. The van der Waals surface area contributed by atoms with E-state index in [0.717, 1.165) is 23.7 Å². The van der Waals surface area contributed by atoms with Gasteiger partial charge in [-0.2, -0.15) is 0 Å². The number of likely N-dealkylation sites (N-methyl/N-ethyl adjacent to an activating group) is 1. The molecule has 1 aromatic carbocycles. The minimum absolute atomic E-state index is 0.145. The van der Waals surface area contributed by atoms with Crippen molar-refractivity contribution in [3.63, 3.8) is 0 Å². The van der Waals surface area contributed by atoms with Gasteiger partial charge in [-0.3, -0.25) is 14.4 Å². The average Bonchev–Trinajstić information content (AvgIpc) is 3.76. The highest BCUT2D eigenvalue weighted by Gasteiger charge is 2.42. The van der Waals surface area contributed by atoms with Crippen molar-refractivity contribution in [3.8, 4) is 35.0 Å². The van der Waals surface area contributed by atoms with Gasteiger partial charge in [0.05, 0.1) is 6.04 Å². The lowest BCUT2D eigenvalue weighted by Gasteiger charge is -2.35. The van der Waals surface area contributed by atoms with Crippen molar-refractivity contribution in [3.05, 3.63) is 42.0 Å². The van der Waals surface area contributed by atoms with Crippen molar-refractivity contribution in [1.82, 2.24) is 30.8 Å². The van der Waals surface area contributed by atoms with E-state index >= 15 is 0 Å². The highest BCUT2D eigenvalue weighted by Crippen LogP contribution is 2.38. The summed E-state index contributed by atoms with van der Waals surface area (Å²) in [6, 6.07) is 6.04. The number of carbonyl (C=O) groups excluding carboxylic acids is 3. The Hall–Kier alpha value is -4.54. The van der Waals surface area contributed by atoms with E-state index in [-0.39, 0.29) is 17.5 Å². The maximum atomic E-state index is 14.0. The summed E-state index contributed by atoms with van der Waals surface area (Å²) in [5, 5.41) is 9.66. The van der Waals surface area contributed by atoms with Gasteiger partial charge in [0, 0.05) is 48.6 Å². The number of nitrogens with zero attached hydrogens (tertiary/aromatic N) is 2. The molecule has 3 amide bonds. The molecule has 0 unspecified atom stereocenters. The third-order valence-electron chi connectivity index (χ3n) is 7.69. The fourth-order valence-corrected chi connectivity index (χ4v) is 5.14. The van der Waals surface area contributed by atoms with E-state index in [1.807, 2.05) is 52.0 Å². The summed E-state index contributed by atoms with van der Waals surface area (Å²) < 4.78 is 6.40. The fraction of sp³-hybridized carbons (Fsp3) is 0.471. The molecule has 3 aromatic rings. The number of amides is 3. The van der Waals surface area contributed by atoms with Gasteiger partial charge in [-0.25, -0.2) is 4.98 Å². The van der Waals surface area contributed by atoms with Crippen LogP contribution in [0.3, 0.4) is 0 Å². The van der Waals surface area contributed by atoms with Gasteiger partial charge in [0.2, 0.25) is 17.7 Å². The summed E-state index contributed by atoms with van der Waals surface area (Å²) in [5.74, 6) is 11.2. The first-order valence-corrected chi connectivity index (χ1v) is 15.2. The Morgan fingerprint density at radius 1 is 1.18 bits per heavy atom. The van der Waals surface area contributed by atoms with Gasteiger partial charge in [0.15, 0.2) is 11.5 Å². The molecule has 0 spiro atoms. The summed E-state index contributed by atoms with van der Waals surface area (Å²) in [6.07, 6.45) is 4.33. The van der Waals surface area contributed by atoms with Crippen LogP contribution in [0.1, 0.15) is 82.7 Å². The van der Waals surface area contributed by atoms with Gasteiger partial charge >= 0.3 is 0 Å². The number of benzene rings is 1. The molecule has 10 nitrogen and oxygen atoms in total. The van der Waals surface area contributed by atoms with E-state index in [9.17, 15) is 14.4 Å². The molecule has 2 aromatic heterocycles. The number of aromatic nitrogens is 2. The molecule has 1 aliphatic rings. The van der Waals surface area contributed by atoms with E-state index in [2.05, 4.69) is 44.6 Å². The zero-order valence-corrected chi connectivity index (χ0v) is 26.4. The van der Waals surface area contributed by atoms with E-state index in [4.69, 9.17) is 9.40 Å². The predicted octanol–water partition coefficient (Wildman–Crippen LogP) is 4.16. The minimum atomic E-state index is -0.764. The Kier molecular flexibility index (Phi) is 10.5. The molecule has 10 heteroatoms. The standard InChI is InChI=1S/C34H42N6O4/c1-7-8-9-10-11-14-19-36-31(42)27-28(24-21-37-25-17-13-12-16-23(24)25)44-32(38-27)26-18-15-20-40(26)33(43)29(34(3,4)5)39-30(41)22(2)35-6/h12-13,16-17,21-22,26,29,35,37H,7,14-15,18-20H2,1-6H3,(H,36,42)(H,39,41)/t22-,26-,29+/m0/s1. The van der Waals surface area contributed by atoms with Gasteiger partial charge in [0.25, 0.3) is 5.91 Å². The predicted molar refractivity (Wildman–Crippen MR) is 170 cm³/mol. The molecule has 1 fully saturated rings. The molecule has 0 saturated carbocycles. The lowest BCUT2D eigenvalue weighted by atomic mass is 9.85. The number of oxazole rings is 1. The Morgan fingerprint density at radius 3 is 2.66 bits per heavy atom. The van der Waals surface area contributed by atoms with Crippen molar-refractivity contribution in [2.24, 2.45) is 5.41 Å². The maximum absolute atomic E-state index is 14.0. The van der Waals surface area contributed by atoms with Gasteiger partial charge in [-0.15, -0.1) is 0 Å². The average molecular weight is 599 g/mol. The monoisotopic (exact) mass is 598 g/mol. The smallest absolute Gasteiger partial charge is 0.273 e. The van der Waals surface area contributed by atoms with Crippen LogP contribution in [0.2, 0.25) is 0 Å². The zero-order chi connectivity index (χ0) is 31.9. The van der Waals surface area contributed by atoms with Crippen LogP contribution in [0.5, 0.6) is 0 Å². The van der Waals surface area contributed by atoms with Crippen LogP contribution >= 0.6 is 0 Å². The Balaban J connectivity index is 1.66. The second kappa shape index (κ2) is 14.3. The first-order valence-electron chi connectivity index (χ1n) is 15.2. The van der Waals surface area contributed by atoms with Gasteiger partial charge < -0.3 is 30.3 Å². The number of rotatable bonds is 9. The van der Waals surface area contributed by atoms with Crippen molar-refractivity contribution in [2.75, 3.05) is 20.1 Å². The molecule has 0 bridgehead atoms. The summed E-state index contributed by atoms with van der Waals surface area (Å²) in [7, 11) is 1.70. The lowest BCUT2D eigenvalue weighted by molar-refractivity contribution is -0.141. The van der Waals surface area contributed by atoms with Gasteiger partial charge in [-0.05, 0) is 50.1 Å². The van der Waals surface area contributed by atoms with Crippen LogP contribution in [-0.4, -0.2) is 64.8 Å². The van der Waals surface area contributed by atoms with Crippen molar-refractivity contribution in [1.29, 1.82) is 0 Å². The minimum Gasteiger partial charge on any atom is -0.437 e. The first-order chi connectivity index (χ1) is 21.1. The molecule has 0 aliphatic carbocycles. The van der Waals surface area contributed by atoms with Crippen LogP contribution in [0.4, 0.5) is 0 Å². The molecule has 1 saturated heterocycles. The molecule has 232 valence electrons. The molecular formula is C34H42N6O4. The number of nitrogens with one attached hydrogen (secondary N) is 4. The molecule has 4 rings (SSSR count). The number of H-pyrrole nitrogens is 1. The summed E-state index contributed by atoms with van der Waals surface area (Å²) in [6.45, 7) is 10.3. The molecule has 1 aliphatic heterocycles. The van der Waals surface area contributed by atoms with Crippen molar-refractivity contribution < 1.29 is 18.8 Å². The lowest BCUT2D eigenvalue weighted by Crippen LogP contribution is -2.57. The van der Waals surface area contributed by atoms with Crippen molar-refractivity contribution in [2.45, 2.75) is 78.4 Å². The second-order valence-electron chi connectivity index (χ2n) is 11.9. The summed E-state index contributed by atoms with van der Waals surface area (Å²) in [5.41, 5.74) is 1.20. The third kappa shape index (κ3) is 7.32. The molecule has 4 N–H and O–H groups in total. The largest absolute Gasteiger partial charge is 0.437 e. The van der Waals surface area contributed by atoms with E-state index in [1.165, 1.54) is 0 Å². The Bertz CT molecular complexity index is 1620. The number of aromatic amines is 1. The van der Waals surface area contributed by atoms with Crippen LogP contribution in [-0.2, 0) is 9.59 Å². The number of carbonyl (C=O) groups is 3. The molecule has 44 heavy (non-hydrogen) atoms. The molecular weight excluding hydrogens is 556 g/mol. The van der Waals surface area contributed by atoms with Gasteiger partial charge in [0.1, 0.15) is 12.1 Å². The van der Waals surface area contributed by atoms with Crippen LogP contribution in [0.25, 0.3) is 22.2 Å². The SMILES string of the molecule is CCC#CC#CCCNC(=O)c1nc([C@@H]2CCCN2C(=O)[C@@H](NC(=O)[C@H](C)NC)C(C)(C)C)oc1-c1c[nH]c2ccccc12. The zero-order valence-electron chi connectivity index (χ0n) is 26.4. The first kappa shape index (κ1) is 32.4. The fourth-order valence-electron chi connectivity index (χ4n) is 5.14. The van der Waals surface area contributed by atoms with Crippen LogP contribution in [0.15, 0.2) is 34.9 Å². The molecule has 3 atom stereocenters. The van der Waals surface area contributed by atoms with E-state index in [0.29, 0.717) is 43.1 Å². The number of para-hydroxylation sites is 1. The topological polar surface area (TPSA) is 132 Å². The number of fused-ring (bicyclic) bond motifs is 1. The van der Waals surface area contributed by atoms with Crippen LogP contribution < -0.4 is 16.0 Å².